The molecule has 0 aromatic heterocycles. The molecule has 5 nitrogen and oxygen atoms in total. The van der Waals surface area contributed by atoms with Gasteiger partial charge in [-0.25, -0.2) is 8.78 Å². The van der Waals surface area contributed by atoms with Gasteiger partial charge in [0.1, 0.15) is 29.7 Å². The summed E-state index contributed by atoms with van der Waals surface area (Å²) in [5.74, 6) is 1.10. The summed E-state index contributed by atoms with van der Waals surface area (Å²) in [7, 11) is 0. The number of benzene rings is 3. The molecule has 7 heteroatoms. The third kappa shape index (κ3) is 8.07. The first-order valence-electron chi connectivity index (χ1n) is 14.8. The quantitative estimate of drug-likeness (QED) is 0.337. The minimum absolute atomic E-state index is 0.0609. The molecule has 0 saturated carbocycles. The summed E-state index contributed by atoms with van der Waals surface area (Å²) in [6.07, 6.45) is 6.38. The van der Waals surface area contributed by atoms with Crippen molar-refractivity contribution in [2.45, 2.75) is 51.5 Å². The zero-order valence-electron chi connectivity index (χ0n) is 23.7. The second-order valence-electron chi connectivity index (χ2n) is 11.4. The Kier molecular flexibility index (Phi) is 9.88. The largest absolute Gasteiger partial charge is 0.493 e. The smallest absolute Gasteiger partial charge is 0.225 e. The van der Waals surface area contributed by atoms with E-state index in [1.54, 1.807) is 18.2 Å². The zero-order chi connectivity index (χ0) is 28.5. The molecule has 0 bridgehead atoms. The highest BCUT2D eigenvalue weighted by atomic mass is 19.1. The maximum Gasteiger partial charge on any atom is 0.225 e. The number of rotatable bonds is 6. The van der Waals surface area contributed by atoms with E-state index in [0.29, 0.717) is 50.5 Å². The molecule has 1 amide bonds. The van der Waals surface area contributed by atoms with E-state index < -0.39 is 0 Å². The molecule has 0 unspecified atom stereocenters. The Morgan fingerprint density at radius 2 is 1.63 bits per heavy atom. The monoisotopic (exact) mass is 562 g/mol. The molecule has 41 heavy (non-hydrogen) atoms. The lowest BCUT2D eigenvalue weighted by Crippen LogP contribution is -2.48. The van der Waals surface area contributed by atoms with Crippen molar-refractivity contribution in [1.29, 1.82) is 0 Å². The van der Waals surface area contributed by atoms with E-state index in [0.717, 1.165) is 50.8 Å². The normalized spacial score (nSPS) is 18.0. The number of nitrogens with zero attached hydrogens (tertiary/aromatic N) is 2. The molecule has 0 radical (unpaired) electrons. The van der Waals surface area contributed by atoms with Gasteiger partial charge < -0.3 is 14.4 Å². The molecule has 218 valence electrons. The van der Waals surface area contributed by atoms with Crippen LogP contribution in [-0.2, 0) is 17.8 Å². The van der Waals surface area contributed by atoms with E-state index in [9.17, 15) is 13.6 Å². The number of carbonyl (C=O) groups is 1. The number of aryl methyl sites for hydroxylation is 1. The Morgan fingerprint density at radius 1 is 0.878 bits per heavy atom. The lowest BCUT2D eigenvalue weighted by molar-refractivity contribution is -0.134. The fourth-order valence-corrected chi connectivity index (χ4v) is 6.17. The van der Waals surface area contributed by atoms with Gasteiger partial charge in [0.2, 0.25) is 5.91 Å². The Hall–Kier alpha value is -3.45. The highest BCUT2D eigenvalue weighted by Crippen LogP contribution is 2.39. The van der Waals surface area contributed by atoms with Crippen LogP contribution in [0.15, 0.2) is 72.8 Å². The van der Waals surface area contributed by atoms with Gasteiger partial charge in [-0.15, -0.1) is 0 Å². The van der Waals surface area contributed by atoms with E-state index in [2.05, 4.69) is 17.0 Å². The van der Waals surface area contributed by atoms with E-state index in [1.807, 2.05) is 29.2 Å². The van der Waals surface area contributed by atoms with Crippen LogP contribution in [0.3, 0.4) is 0 Å². The maximum atomic E-state index is 14.7. The van der Waals surface area contributed by atoms with Gasteiger partial charge in [0, 0.05) is 38.3 Å². The third-order valence-electron chi connectivity index (χ3n) is 8.53. The fourth-order valence-electron chi connectivity index (χ4n) is 6.17. The van der Waals surface area contributed by atoms with Gasteiger partial charge in [0.25, 0.3) is 0 Å². The van der Waals surface area contributed by atoms with Crippen molar-refractivity contribution >= 4 is 5.91 Å². The molecule has 2 heterocycles. The van der Waals surface area contributed by atoms with Gasteiger partial charge in [-0.05, 0) is 79.5 Å². The average molecular weight is 563 g/mol. The van der Waals surface area contributed by atoms with Crippen LogP contribution in [0.25, 0.3) is 0 Å². The van der Waals surface area contributed by atoms with Gasteiger partial charge in [0.15, 0.2) is 0 Å². The molecule has 2 aliphatic rings. The summed E-state index contributed by atoms with van der Waals surface area (Å²) in [4.78, 5) is 17.3. The molecule has 5 rings (SSSR count). The first-order chi connectivity index (χ1) is 20.0. The van der Waals surface area contributed by atoms with Gasteiger partial charge in [-0.1, -0.05) is 42.8 Å². The SMILES string of the molecule is O=C(CCOc1ccc(F)cc1)N1CCC2(CCCCc3ccccc3OCCN(Cc3ccccc3F)C2)CC1. The molecule has 0 atom stereocenters. The summed E-state index contributed by atoms with van der Waals surface area (Å²) in [5, 5.41) is 0. The van der Waals surface area contributed by atoms with Gasteiger partial charge in [-0.3, -0.25) is 9.69 Å². The minimum Gasteiger partial charge on any atom is -0.493 e. The van der Waals surface area contributed by atoms with Crippen LogP contribution >= 0.6 is 0 Å². The predicted octanol–water partition coefficient (Wildman–Crippen LogP) is 6.65. The molecule has 1 saturated heterocycles. The molecule has 0 N–H and O–H groups in total. The molecule has 0 aliphatic carbocycles. The zero-order valence-corrected chi connectivity index (χ0v) is 23.7. The number of piperidine rings is 1. The summed E-state index contributed by atoms with van der Waals surface area (Å²) >= 11 is 0. The maximum absolute atomic E-state index is 14.7. The fraction of sp³-hybridized carbons (Fsp3) is 0.441. The predicted molar refractivity (Wildman–Crippen MR) is 156 cm³/mol. The third-order valence-corrected chi connectivity index (χ3v) is 8.53. The molecule has 1 spiro atoms. The van der Waals surface area contributed by atoms with Crippen molar-refractivity contribution in [3.05, 3.63) is 95.6 Å². The molecule has 2 aliphatic heterocycles. The molecule has 1 fully saturated rings. The van der Waals surface area contributed by atoms with Crippen molar-refractivity contribution in [2.75, 3.05) is 39.4 Å². The summed E-state index contributed by atoms with van der Waals surface area (Å²) in [5.41, 5.74) is 2.00. The molecular weight excluding hydrogens is 522 g/mol. The summed E-state index contributed by atoms with van der Waals surface area (Å²) < 4.78 is 39.7. The number of fused-ring (bicyclic) bond motifs is 1. The molecule has 3 aromatic rings. The highest BCUT2D eigenvalue weighted by Gasteiger charge is 2.37. The number of carbonyl (C=O) groups excluding carboxylic acids is 1. The van der Waals surface area contributed by atoms with Crippen LogP contribution in [0.4, 0.5) is 8.78 Å². The summed E-state index contributed by atoms with van der Waals surface area (Å²) in [6, 6.07) is 21.1. The van der Waals surface area contributed by atoms with Crippen LogP contribution in [0, 0.1) is 17.0 Å². The topological polar surface area (TPSA) is 42.0 Å². The minimum atomic E-state index is -0.313. The van der Waals surface area contributed by atoms with Crippen LogP contribution in [-0.4, -0.2) is 55.1 Å². The van der Waals surface area contributed by atoms with Crippen LogP contribution in [0.1, 0.15) is 49.7 Å². The van der Waals surface area contributed by atoms with Crippen molar-refractivity contribution < 1.29 is 23.0 Å². The Bertz CT molecular complexity index is 1270. The lowest BCUT2D eigenvalue weighted by atomic mass is 9.73. The Labute approximate surface area is 242 Å². The van der Waals surface area contributed by atoms with E-state index in [-0.39, 0.29) is 29.6 Å². The second-order valence-corrected chi connectivity index (χ2v) is 11.4. The first kappa shape index (κ1) is 29.1. The Morgan fingerprint density at radius 3 is 2.44 bits per heavy atom. The number of hydrogen-bond acceptors (Lipinski definition) is 4. The second kappa shape index (κ2) is 13.9. The van der Waals surface area contributed by atoms with Crippen LogP contribution in [0.2, 0.25) is 0 Å². The molecular formula is C34H40F2N2O3. The van der Waals surface area contributed by atoms with Crippen molar-refractivity contribution in [3.63, 3.8) is 0 Å². The lowest BCUT2D eigenvalue weighted by Gasteiger charge is -2.45. The van der Waals surface area contributed by atoms with E-state index in [1.165, 1.54) is 23.8 Å². The number of likely N-dealkylation sites (tertiary alicyclic amines) is 1. The van der Waals surface area contributed by atoms with Crippen molar-refractivity contribution in [2.24, 2.45) is 5.41 Å². The van der Waals surface area contributed by atoms with E-state index >= 15 is 0 Å². The van der Waals surface area contributed by atoms with Gasteiger partial charge in [0.05, 0.1) is 13.0 Å². The van der Waals surface area contributed by atoms with E-state index in [4.69, 9.17) is 9.47 Å². The molecule has 3 aromatic carbocycles. The van der Waals surface area contributed by atoms with Gasteiger partial charge >= 0.3 is 0 Å². The van der Waals surface area contributed by atoms with Crippen LogP contribution in [0.5, 0.6) is 11.5 Å². The number of amides is 1. The number of ether oxygens (including phenoxy) is 2. The van der Waals surface area contributed by atoms with Crippen LogP contribution < -0.4 is 9.47 Å². The number of halogens is 2. The van der Waals surface area contributed by atoms with Gasteiger partial charge in [-0.2, -0.15) is 0 Å². The first-order valence-corrected chi connectivity index (χ1v) is 14.8. The Balaban J connectivity index is 1.23. The van der Waals surface area contributed by atoms with Crippen molar-refractivity contribution in [1.82, 2.24) is 9.80 Å². The highest BCUT2D eigenvalue weighted by molar-refractivity contribution is 5.76. The van der Waals surface area contributed by atoms with Crippen molar-refractivity contribution in [3.8, 4) is 11.5 Å². The summed E-state index contributed by atoms with van der Waals surface area (Å²) in [6.45, 7) is 4.31. The average Bonchev–Trinajstić information content (AvgIpc) is 2.98. The standard InChI is InChI=1S/C34H40F2N2O3/c35-29-12-14-30(15-13-29)40-23-16-33(39)38-20-18-34(19-21-38)17-6-5-8-27-7-2-4-11-32(27)41-24-22-37(26-34)25-28-9-1-3-10-31(28)36/h1-4,7,9-15H,5-6,8,16-26H2. The number of para-hydroxylation sites is 1. The number of hydrogen-bond donors (Lipinski definition) is 0.